The van der Waals surface area contributed by atoms with Gasteiger partial charge in [0.1, 0.15) is 17.5 Å². The molecule has 0 saturated heterocycles. The van der Waals surface area contributed by atoms with Crippen molar-refractivity contribution < 1.29 is 28.2 Å². The van der Waals surface area contributed by atoms with Crippen molar-refractivity contribution in [3.8, 4) is 0 Å². The molecular weight excluding hydrogens is 291 g/mol. The zero-order chi connectivity index (χ0) is 15.9. The highest BCUT2D eigenvalue weighted by Crippen LogP contribution is 2.50. The Morgan fingerprint density at radius 3 is 2.36 bits per heavy atom. The number of hydrogen-bond acceptors (Lipinski definition) is 5. The average molecular weight is 304 g/mol. The smallest absolute Gasteiger partial charge is 0.338 e. The van der Waals surface area contributed by atoms with Crippen LogP contribution in [-0.4, -0.2) is 32.3 Å². The molecule has 2 aliphatic rings. The van der Waals surface area contributed by atoms with Crippen molar-refractivity contribution in [3.63, 3.8) is 0 Å². The first-order chi connectivity index (χ1) is 10.5. The molecule has 5 nitrogen and oxygen atoms in total. The number of fused-ring (bicyclic) bond motifs is 2. The number of esters is 2. The molecule has 2 heterocycles. The first-order valence-electron chi connectivity index (χ1n) is 6.58. The standard InChI is InChI=1S/C16H13FO5/c1-20-14(18)12-11-7-8-16(22-11,13(12)15(19)21-2)9-3-5-10(17)6-4-9/h3-8,11H,1-2H3. The Labute approximate surface area is 126 Å². The van der Waals surface area contributed by atoms with Gasteiger partial charge in [-0.2, -0.15) is 0 Å². The molecule has 2 atom stereocenters. The molecular formula is C16H13FO5. The maximum atomic E-state index is 13.2. The molecule has 0 amide bonds. The fourth-order valence-corrected chi connectivity index (χ4v) is 2.84. The molecule has 22 heavy (non-hydrogen) atoms. The number of halogens is 1. The summed E-state index contributed by atoms with van der Waals surface area (Å²) in [5.74, 6) is -1.75. The van der Waals surface area contributed by atoms with E-state index in [-0.39, 0.29) is 11.1 Å². The van der Waals surface area contributed by atoms with E-state index in [1.165, 1.54) is 38.5 Å². The topological polar surface area (TPSA) is 61.8 Å². The van der Waals surface area contributed by atoms with Crippen LogP contribution in [0, 0.1) is 5.82 Å². The zero-order valence-electron chi connectivity index (χ0n) is 12.0. The van der Waals surface area contributed by atoms with Crippen LogP contribution in [0.25, 0.3) is 0 Å². The van der Waals surface area contributed by atoms with Gasteiger partial charge < -0.3 is 14.2 Å². The van der Waals surface area contributed by atoms with Gasteiger partial charge in [-0.3, -0.25) is 0 Å². The molecule has 0 spiro atoms. The highest BCUT2D eigenvalue weighted by Gasteiger charge is 2.55. The van der Waals surface area contributed by atoms with Crippen molar-refractivity contribution >= 4 is 11.9 Å². The molecule has 1 aromatic rings. The number of carbonyl (C=O) groups is 2. The van der Waals surface area contributed by atoms with Crippen molar-refractivity contribution in [3.05, 3.63) is 58.9 Å². The fraction of sp³-hybridized carbons (Fsp3) is 0.250. The summed E-state index contributed by atoms with van der Waals surface area (Å²) < 4.78 is 28.5. The molecule has 114 valence electrons. The van der Waals surface area contributed by atoms with Gasteiger partial charge >= 0.3 is 11.9 Å². The second-order valence-electron chi connectivity index (χ2n) is 4.91. The van der Waals surface area contributed by atoms with Gasteiger partial charge in [0.25, 0.3) is 0 Å². The van der Waals surface area contributed by atoms with Crippen LogP contribution in [0.3, 0.4) is 0 Å². The lowest BCUT2D eigenvalue weighted by Crippen LogP contribution is -2.30. The van der Waals surface area contributed by atoms with E-state index in [1.807, 2.05) is 0 Å². The number of benzene rings is 1. The van der Waals surface area contributed by atoms with Crippen molar-refractivity contribution in [1.29, 1.82) is 0 Å². The van der Waals surface area contributed by atoms with E-state index in [1.54, 1.807) is 12.2 Å². The first-order valence-corrected chi connectivity index (χ1v) is 6.58. The van der Waals surface area contributed by atoms with Crippen molar-refractivity contribution in [1.82, 2.24) is 0 Å². The third-order valence-electron chi connectivity index (χ3n) is 3.81. The lowest BCUT2D eigenvalue weighted by molar-refractivity contribution is -0.139. The van der Waals surface area contributed by atoms with Gasteiger partial charge in [0.2, 0.25) is 0 Å². The Hall–Kier alpha value is -2.47. The minimum Gasteiger partial charge on any atom is -0.466 e. The first kappa shape index (κ1) is 14.5. The van der Waals surface area contributed by atoms with E-state index < -0.39 is 29.5 Å². The normalized spacial score (nSPS) is 25.5. The highest BCUT2D eigenvalue weighted by atomic mass is 19.1. The number of rotatable bonds is 3. The van der Waals surface area contributed by atoms with Gasteiger partial charge in [-0.15, -0.1) is 0 Å². The van der Waals surface area contributed by atoms with Gasteiger partial charge in [-0.05, 0) is 23.8 Å². The molecule has 0 fully saturated rings. The van der Waals surface area contributed by atoms with Gasteiger partial charge in [-0.25, -0.2) is 14.0 Å². The fourth-order valence-electron chi connectivity index (χ4n) is 2.84. The predicted molar refractivity (Wildman–Crippen MR) is 73.1 cm³/mol. The molecule has 0 saturated carbocycles. The van der Waals surface area contributed by atoms with E-state index in [0.29, 0.717) is 5.56 Å². The maximum Gasteiger partial charge on any atom is 0.338 e. The summed E-state index contributed by atoms with van der Waals surface area (Å²) in [5, 5.41) is 0. The Kier molecular flexibility index (Phi) is 3.33. The highest BCUT2D eigenvalue weighted by molar-refractivity contribution is 6.05. The Bertz CT molecular complexity index is 704. The third-order valence-corrected chi connectivity index (χ3v) is 3.81. The van der Waals surface area contributed by atoms with Gasteiger partial charge in [0.15, 0.2) is 0 Å². The van der Waals surface area contributed by atoms with E-state index in [0.717, 1.165) is 0 Å². The summed E-state index contributed by atoms with van der Waals surface area (Å²) in [6.45, 7) is 0. The second-order valence-corrected chi connectivity index (χ2v) is 4.91. The van der Waals surface area contributed by atoms with Gasteiger partial charge in [0, 0.05) is 0 Å². The molecule has 0 radical (unpaired) electrons. The third kappa shape index (κ3) is 1.88. The lowest BCUT2D eigenvalue weighted by Gasteiger charge is -2.26. The van der Waals surface area contributed by atoms with Crippen LogP contribution in [0.2, 0.25) is 0 Å². The molecule has 2 bridgehead atoms. The van der Waals surface area contributed by atoms with Crippen LogP contribution >= 0.6 is 0 Å². The van der Waals surface area contributed by atoms with E-state index in [2.05, 4.69) is 0 Å². The van der Waals surface area contributed by atoms with E-state index >= 15 is 0 Å². The van der Waals surface area contributed by atoms with Crippen molar-refractivity contribution in [2.45, 2.75) is 11.7 Å². The lowest BCUT2D eigenvalue weighted by atomic mass is 9.81. The minimum atomic E-state index is -1.25. The summed E-state index contributed by atoms with van der Waals surface area (Å²) in [6, 6.07) is 5.54. The quantitative estimate of drug-likeness (QED) is 0.627. The molecule has 0 N–H and O–H groups in total. The summed E-state index contributed by atoms with van der Waals surface area (Å²) in [5.41, 5.74) is -0.538. The van der Waals surface area contributed by atoms with Crippen LogP contribution in [0.5, 0.6) is 0 Å². The van der Waals surface area contributed by atoms with Gasteiger partial charge in [-0.1, -0.05) is 18.2 Å². The summed E-state index contributed by atoms with van der Waals surface area (Å²) in [6.07, 6.45) is 2.65. The molecule has 2 aliphatic heterocycles. The van der Waals surface area contributed by atoms with Gasteiger partial charge in [0.05, 0.1) is 25.4 Å². The molecule has 1 aromatic carbocycles. The van der Waals surface area contributed by atoms with E-state index in [4.69, 9.17) is 14.2 Å². The summed E-state index contributed by atoms with van der Waals surface area (Å²) in [7, 11) is 2.45. The average Bonchev–Trinajstić information content (AvgIpc) is 3.11. The molecule has 6 heteroatoms. The monoisotopic (exact) mass is 304 g/mol. The molecule has 3 rings (SSSR count). The SMILES string of the molecule is COC(=O)C1=C(C(=O)OC)C2(c3ccc(F)cc3)C=CC1O2. The van der Waals surface area contributed by atoms with Crippen LogP contribution in [0.1, 0.15) is 5.56 Å². The van der Waals surface area contributed by atoms with Crippen molar-refractivity contribution in [2.75, 3.05) is 14.2 Å². The number of carbonyl (C=O) groups excluding carboxylic acids is 2. The number of hydrogen-bond donors (Lipinski definition) is 0. The minimum absolute atomic E-state index is 0.0703. The van der Waals surface area contributed by atoms with Crippen LogP contribution in [-0.2, 0) is 29.4 Å². The maximum absolute atomic E-state index is 13.2. The zero-order valence-corrected chi connectivity index (χ0v) is 12.0. The molecule has 0 aromatic heterocycles. The Balaban J connectivity index is 2.19. The summed E-state index contributed by atoms with van der Waals surface area (Å²) >= 11 is 0. The molecule has 2 unspecified atom stereocenters. The largest absolute Gasteiger partial charge is 0.466 e. The van der Waals surface area contributed by atoms with Crippen LogP contribution in [0.4, 0.5) is 4.39 Å². The van der Waals surface area contributed by atoms with Crippen LogP contribution < -0.4 is 0 Å². The predicted octanol–water partition coefficient (Wildman–Crippen LogP) is 1.63. The number of ether oxygens (including phenoxy) is 3. The van der Waals surface area contributed by atoms with Crippen molar-refractivity contribution in [2.24, 2.45) is 0 Å². The summed E-state index contributed by atoms with van der Waals surface area (Å²) in [4.78, 5) is 24.2. The van der Waals surface area contributed by atoms with E-state index in [9.17, 15) is 14.0 Å². The Morgan fingerprint density at radius 2 is 1.77 bits per heavy atom. The molecule has 0 aliphatic carbocycles. The second kappa shape index (κ2) is 5.06. The van der Waals surface area contributed by atoms with Crippen LogP contribution in [0.15, 0.2) is 47.6 Å². The number of methoxy groups -OCH3 is 2. The Morgan fingerprint density at radius 1 is 1.14 bits per heavy atom.